The molecule has 1 aromatic heterocycles. The third kappa shape index (κ3) is 5.98. The van der Waals surface area contributed by atoms with Crippen molar-refractivity contribution in [1.29, 1.82) is 0 Å². The van der Waals surface area contributed by atoms with Gasteiger partial charge in [0.15, 0.2) is 0 Å². The summed E-state index contributed by atoms with van der Waals surface area (Å²) in [6.45, 7) is 5.33. The van der Waals surface area contributed by atoms with Gasteiger partial charge in [0.1, 0.15) is 5.60 Å². The number of carbonyl (C=O) groups is 2. The summed E-state index contributed by atoms with van der Waals surface area (Å²) in [4.78, 5) is 28.2. The molecule has 0 bridgehead atoms. The van der Waals surface area contributed by atoms with Crippen LogP contribution in [0.4, 0.5) is 10.5 Å². The predicted molar refractivity (Wildman–Crippen MR) is 86.7 cm³/mol. The second-order valence-electron chi connectivity index (χ2n) is 5.83. The van der Waals surface area contributed by atoms with Gasteiger partial charge in [0.2, 0.25) is 5.88 Å². The van der Waals surface area contributed by atoms with E-state index in [4.69, 9.17) is 14.6 Å². The van der Waals surface area contributed by atoms with Gasteiger partial charge in [-0.15, -0.1) is 0 Å². The number of anilines is 1. The fourth-order valence-electron chi connectivity index (χ4n) is 1.68. The Bertz CT molecular complexity index is 605. The number of aromatic nitrogens is 1. The van der Waals surface area contributed by atoms with Crippen LogP contribution in [0.1, 0.15) is 32.8 Å². The standard InChI is InChI=1S/C16H22N2O5/c1-16(2,3)23-15(21)18(4)12-10-17-13(22-5)9-11(12)7-6-8-14(19)20/h6-7,9-10H,8H2,1-5H3,(H,19,20)/b7-6+. The van der Waals surface area contributed by atoms with Crippen LogP contribution in [0.25, 0.3) is 6.08 Å². The Balaban J connectivity index is 3.10. The molecule has 1 N–H and O–H groups in total. The molecule has 0 spiro atoms. The number of aliphatic carboxylic acids is 1. The number of pyridine rings is 1. The Morgan fingerprint density at radius 2 is 2.04 bits per heavy atom. The first-order chi connectivity index (χ1) is 10.6. The first-order valence-corrected chi connectivity index (χ1v) is 7.03. The maximum absolute atomic E-state index is 12.2. The zero-order valence-corrected chi connectivity index (χ0v) is 14.0. The Morgan fingerprint density at radius 3 is 2.57 bits per heavy atom. The minimum atomic E-state index is -0.940. The molecule has 0 saturated heterocycles. The lowest BCUT2D eigenvalue weighted by molar-refractivity contribution is -0.135. The van der Waals surface area contributed by atoms with Gasteiger partial charge in [0.25, 0.3) is 0 Å². The molecule has 1 rings (SSSR count). The minimum Gasteiger partial charge on any atom is -0.481 e. The van der Waals surface area contributed by atoms with Crippen LogP contribution in [0.5, 0.6) is 5.88 Å². The van der Waals surface area contributed by atoms with Gasteiger partial charge in [-0.3, -0.25) is 9.69 Å². The highest BCUT2D eigenvalue weighted by Gasteiger charge is 2.22. The van der Waals surface area contributed by atoms with Crippen molar-refractivity contribution >= 4 is 23.8 Å². The number of methoxy groups -OCH3 is 1. The molecular formula is C16H22N2O5. The molecule has 0 fully saturated rings. The van der Waals surface area contributed by atoms with Crippen molar-refractivity contribution in [3.05, 3.63) is 23.9 Å². The number of carboxylic acids is 1. The summed E-state index contributed by atoms with van der Waals surface area (Å²) >= 11 is 0. The van der Waals surface area contributed by atoms with E-state index in [-0.39, 0.29) is 6.42 Å². The summed E-state index contributed by atoms with van der Waals surface area (Å²) in [6, 6.07) is 1.62. The summed E-state index contributed by atoms with van der Waals surface area (Å²) in [5.74, 6) is -0.578. The number of amides is 1. The Kier molecular flexibility index (Phi) is 6.12. The van der Waals surface area contributed by atoms with Crippen LogP contribution in [0.2, 0.25) is 0 Å². The van der Waals surface area contributed by atoms with Crippen molar-refractivity contribution in [3.63, 3.8) is 0 Å². The van der Waals surface area contributed by atoms with Crippen molar-refractivity contribution in [2.75, 3.05) is 19.1 Å². The van der Waals surface area contributed by atoms with E-state index in [1.165, 1.54) is 24.3 Å². The molecule has 0 aromatic carbocycles. The van der Waals surface area contributed by atoms with Crippen LogP contribution in [-0.4, -0.2) is 41.9 Å². The summed E-state index contributed by atoms with van der Waals surface area (Å²) < 4.78 is 10.4. The van der Waals surface area contributed by atoms with E-state index >= 15 is 0 Å². The van der Waals surface area contributed by atoms with Crippen LogP contribution < -0.4 is 9.64 Å². The van der Waals surface area contributed by atoms with Crippen LogP contribution in [0, 0.1) is 0 Å². The highest BCUT2D eigenvalue weighted by Crippen LogP contribution is 2.25. The van der Waals surface area contributed by atoms with Gasteiger partial charge < -0.3 is 14.6 Å². The highest BCUT2D eigenvalue weighted by molar-refractivity contribution is 5.90. The highest BCUT2D eigenvalue weighted by atomic mass is 16.6. The number of hydrogen-bond acceptors (Lipinski definition) is 5. The molecule has 0 saturated carbocycles. The summed E-state index contributed by atoms with van der Waals surface area (Å²) in [7, 11) is 3.04. The first-order valence-electron chi connectivity index (χ1n) is 7.03. The summed E-state index contributed by atoms with van der Waals surface area (Å²) in [6.07, 6.45) is 3.92. The average molecular weight is 322 g/mol. The lowest BCUT2D eigenvalue weighted by Gasteiger charge is -2.25. The zero-order chi connectivity index (χ0) is 17.6. The van der Waals surface area contributed by atoms with Crippen molar-refractivity contribution in [2.24, 2.45) is 0 Å². The fourth-order valence-corrected chi connectivity index (χ4v) is 1.68. The molecule has 1 heterocycles. The van der Waals surface area contributed by atoms with Gasteiger partial charge in [-0.05, 0) is 20.8 Å². The molecule has 1 aromatic rings. The SMILES string of the molecule is COc1cc(/C=C/CC(=O)O)c(N(C)C(=O)OC(C)(C)C)cn1. The van der Waals surface area contributed by atoms with Crippen molar-refractivity contribution < 1.29 is 24.2 Å². The lowest BCUT2D eigenvalue weighted by Crippen LogP contribution is -2.34. The number of hydrogen-bond donors (Lipinski definition) is 1. The van der Waals surface area contributed by atoms with Crippen LogP contribution in [-0.2, 0) is 9.53 Å². The monoisotopic (exact) mass is 322 g/mol. The molecular weight excluding hydrogens is 300 g/mol. The molecule has 1 amide bonds. The largest absolute Gasteiger partial charge is 0.481 e. The van der Waals surface area contributed by atoms with Crippen molar-refractivity contribution in [3.8, 4) is 5.88 Å². The van der Waals surface area contributed by atoms with Gasteiger partial charge >= 0.3 is 12.1 Å². The van der Waals surface area contributed by atoms with Crippen molar-refractivity contribution in [2.45, 2.75) is 32.8 Å². The normalized spacial score (nSPS) is 11.3. The maximum atomic E-state index is 12.2. The smallest absolute Gasteiger partial charge is 0.414 e. The van der Waals surface area contributed by atoms with E-state index in [9.17, 15) is 9.59 Å². The van der Waals surface area contributed by atoms with Crippen molar-refractivity contribution in [1.82, 2.24) is 4.98 Å². The van der Waals surface area contributed by atoms with Gasteiger partial charge in [-0.25, -0.2) is 9.78 Å². The number of nitrogens with zero attached hydrogens (tertiary/aromatic N) is 2. The van der Waals surface area contributed by atoms with Crippen LogP contribution >= 0.6 is 0 Å². The maximum Gasteiger partial charge on any atom is 0.414 e. The number of ether oxygens (including phenoxy) is 2. The van der Waals surface area contributed by atoms with E-state index < -0.39 is 17.7 Å². The minimum absolute atomic E-state index is 0.125. The molecule has 23 heavy (non-hydrogen) atoms. The second-order valence-corrected chi connectivity index (χ2v) is 5.83. The van der Waals surface area contributed by atoms with E-state index in [0.29, 0.717) is 17.1 Å². The first kappa shape index (κ1) is 18.5. The topological polar surface area (TPSA) is 89.0 Å². The van der Waals surface area contributed by atoms with Crippen LogP contribution in [0.15, 0.2) is 18.3 Å². The Morgan fingerprint density at radius 1 is 1.39 bits per heavy atom. The van der Waals surface area contributed by atoms with Gasteiger partial charge in [-0.2, -0.15) is 0 Å². The average Bonchev–Trinajstić information content (AvgIpc) is 2.44. The molecule has 0 aliphatic heterocycles. The molecule has 0 radical (unpaired) electrons. The molecule has 0 aliphatic rings. The third-order valence-electron chi connectivity index (χ3n) is 2.72. The summed E-state index contributed by atoms with van der Waals surface area (Å²) in [5, 5.41) is 8.71. The lowest BCUT2D eigenvalue weighted by atomic mass is 10.2. The molecule has 7 heteroatoms. The number of carbonyl (C=O) groups excluding carboxylic acids is 1. The molecule has 7 nitrogen and oxygen atoms in total. The zero-order valence-electron chi connectivity index (χ0n) is 14.0. The fraction of sp³-hybridized carbons (Fsp3) is 0.438. The Labute approximate surface area is 135 Å². The molecule has 0 aliphatic carbocycles. The summed E-state index contributed by atoms with van der Waals surface area (Å²) in [5.41, 5.74) is 0.470. The van der Waals surface area contributed by atoms with E-state index in [1.54, 1.807) is 40.0 Å². The molecule has 126 valence electrons. The van der Waals surface area contributed by atoms with Gasteiger partial charge in [0, 0.05) is 18.7 Å². The van der Waals surface area contributed by atoms with Crippen LogP contribution in [0.3, 0.4) is 0 Å². The second kappa shape index (κ2) is 7.62. The quantitative estimate of drug-likeness (QED) is 0.896. The van der Waals surface area contributed by atoms with Gasteiger partial charge in [0.05, 0.1) is 25.4 Å². The number of rotatable bonds is 5. The molecule has 0 unspecified atom stereocenters. The van der Waals surface area contributed by atoms with Gasteiger partial charge in [-0.1, -0.05) is 12.2 Å². The van der Waals surface area contributed by atoms with E-state index in [2.05, 4.69) is 4.98 Å². The van der Waals surface area contributed by atoms with E-state index in [0.717, 1.165) is 0 Å². The Hall–Kier alpha value is -2.57. The molecule has 0 atom stereocenters. The van der Waals surface area contributed by atoms with E-state index in [1.807, 2.05) is 0 Å². The number of carboxylic acid groups (broad SMARTS) is 1. The third-order valence-corrected chi connectivity index (χ3v) is 2.72. The predicted octanol–water partition coefficient (Wildman–Crippen LogP) is 2.95.